The normalized spacial score (nSPS) is 21.8. The summed E-state index contributed by atoms with van der Waals surface area (Å²) in [4.78, 5) is 10.9. The number of hydrogen-bond donors (Lipinski definition) is 3. The van der Waals surface area contributed by atoms with Crippen molar-refractivity contribution in [3.8, 4) is 11.5 Å². The van der Waals surface area contributed by atoms with Gasteiger partial charge in [0, 0.05) is 18.2 Å². The van der Waals surface area contributed by atoms with Crippen LogP contribution in [0.3, 0.4) is 0 Å². The minimum atomic E-state index is -0.738. The zero-order chi connectivity index (χ0) is 15.2. The van der Waals surface area contributed by atoms with E-state index in [1.165, 1.54) is 0 Å². The smallest absolute Gasteiger partial charge is 0.404 e. The first kappa shape index (κ1) is 15.4. The summed E-state index contributed by atoms with van der Waals surface area (Å²) in [6, 6.07) is 5.15. The number of carbonyl (C=O) groups excluding carboxylic acids is 1. The second-order valence-electron chi connectivity index (χ2n) is 5.24. The molecule has 116 valence electrons. The maximum absolute atomic E-state index is 10.9. The summed E-state index contributed by atoms with van der Waals surface area (Å²) in [6.07, 6.45) is 2.90. The Bertz CT molecular complexity index is 493. The van der Waals surface area contributed by atoms with Crippen molar-refractivity contribution in [2.24, 2.45) is 5.73 Å². The van der Waals surface area contributed by atoms with Gasteiger partial charge in [0.15, 0.2) is 0 Å². The van der Waals surface area contributed by atoms with Crippen LogP contribution in [0.4, 0.5) is 4.79 Å². The van der Waals surface area contributed by atoms with Crippen LogP contribution in [-0.2, 0) is 11.3 Å². The SMILES string of the molecule is COc1ccc(O)c(CNC2CCCCC2OC(N)=O)c1. The molecule has 0 saturated heterocycles. The first-order valence-corrected chi connectivity index (χ1v) is 7.15. The van der Waals surface area contributed by atoms with Gasteiger partial charge in [0.1, 0.15) is 17.6 Å². The average molecular weight is 294 g/mol. The minimum absolute atomic E-state index is 0.0526. The fourth-order valence-corrected chi connectivity index (χ4v) is 2.69. The van der Waals surface area contributed by atoms with Crippen LogP contribution < -0.4 is 15.8 Å². The standard InChI is InChI=1S/C15H22N2O4/c1-20-11-6-7-13(18)10(8-11)9-17-12-4-2-3-5-14(12)21-15(16)19/h6-8,12,14,17-18H,2-5,9H2,1H3,(H2,16,19). The maximum Gasteiger partial charge on any atom is 0.404 e. The van der Waals surface area contributed by atoms with Gasteiger partial charge in [-0.2, -0.15) is 0 Å². The predicted molar refractivity (Wildman–Crippen MR) is 78.2 cm³/mol. The van der Waals surface area contributed by atoms with Gasteiger partial charge in [-0.15, -0.1) is 0 Å². The molecule has 1 aromatic carbocycles. The van der Waals surface area contributed by atoms with E-state index in [4.69, 9.17) is 15.2 Å². The molecule has 2 atom stereocenters. The molecule has 4 N–H and O–H groups in total. The third kappa shape index (κ3) is 4.26. The number of nitrogens with one attached hydrogen (secondary N) is 1. The zero-order valence-corrected chi connectivity index (χ0v) is 12.2. The van der Waals surface area contributed by atoms with Crippen molar-refractivity contribution in [2.75, 3.05) is 7.11 Å². The van der Waals surface area contributed by atoms with Gasteiger partial charge in [-0.05, 0) is 37.5 Å². The van der Waals surface area contributed by atoms with Gasteiger partial charge in [-0.25, -0.2) is 4.79 Å². The summed E-state index contributed by atoms with van der Waals surface area (Å²) in [5, 5.41) is 13.2. The molecule has 1 saturated carbocycles. The Morgan fingerprint density at radius 3 is 2.90 bits per heavy atom. The maximum atomic E-state index is 10.9. The molecular formula is C15H22N2O4. The van der Waals surface area contributed by atoms with Crippen molar-refractivity contribution < 1.29 is 19.4 Å². The van der Waals surface area contributed by atoms with Crippen molar-refractivity contribution in [1.29, 1.82) is 0 Å². The number of primary amides is 1. The average Bonchev–Trinajstić information content (AvgIpc) is 2.47. The molecule has 2 rings (SSSR count). The van der Waals surface area contributed by atoms with Gasteiger partial charge in [0.25, 0.3) is 0 Å². The number of ether oxygens (including phenoxy) is 2. The lowest BCUT2D eigenvalue weighted by atomic mass is 9.92. The molecule has 1 aromatic rings. The molecule has 6 heteroatoms. The molecular weight excluding hydrogens is 272 g/mol. The number of methoxy groups -OCH3 is 1. The number of nitrogens with two attached hydrogens (primary N) is 1. The Hall–Kier alpha value is -1.95. The first-order chi connectivity index (χ1) is 10.1. The van der Waals surface area contributed by atoms with E-state index in [1.54, 1.807) is 25.3 Å². The van der Waals surface area contributed by atoms with Gasteiger partial charge in [0.2, 0.25) is 0 Å². The van der Waals surface area contributed by atoms with E-state index in [-0.39, 0.29) is 17.9 Å². The number of carbonyl (C=O) groups is 1. The lowest BCUT2D eigenvalue weighted by Crippen LogP contribution is -2.44. The van der Waals surface area contributed by atoms with Crippen LogP contribution in [0.5, 0.6) is 11.5 Å². The fourth-order valence-electron chi connectivity index (χ4n) is 2.69. The Balaban J connectivity index is 1.98. The lowest BCUT2D eigenvalue weighted by molar-refractivity contribution is 0.0579. The summed E-state index contributed by atoms with van der Waals surface area (Å²) in [6.45, 7) is 0.478. The molecule has 1 amide bonds. The summed E-state index contributed by atoms with van der Waals surface area (Å²) < 4.78 is 10.3. The number of hydrogen-bond acceptors (Lipinski definition) is 5. The van der Waals surface area contributed by atoms with Crippen LogP contribution in [0.2, 0.25) is 0 Å². The number of amides is 1. The number of aromatic hydroxyl groups is 1. The summed E-state index contributed by atoms with van der Waals surface area (Å²) in [5.74, 6) is 0.907. The number of benzene rings is 1. The van der Waals surface area contributed by atoms with Gasteiger partial charge < -0.3 is 25.6 Å². The highest BCUT2D eigenvalue weighted by atomic mass is 16.6. The first-order valence-electron chi connectivity index (χ1n) is 7.15. The number of phenols is 1. The summed E-state index contributed by atoms with van der Waals surface area (Å²) in [7, 11) is 1.58. The largest absolute Gasteiger partial charge is 0.508 e. The van der Waals surface area contributed by atoms with E-state index >= 15 is 0 Å². The van der Waals surface area contributed by atoms with E-state index in [0.717, 1.165) is 31.2 Å². The van der Waals surface area contributed by atoms with Gasteiger partial charge in [0.05, 0.1) is 7.11 Å². The molecule has 0 radical (unpaired) electrons. The minimum Gasteiger partial charge on any atom is -0.508 e. The quantitative estimate of drug-likeness (QED) is 0.771. The Morgan fingerprint density at radius 2 is 2.19 bits per heavy atom. The topological polar surface area (TPSA) is 93.8 Å². The van der Waals surface area contributed by atoms with Gasteiger partial charge in [-0.3, -0.25) is 0 Å². The third-order valence-corrected chi connectivity index (χ3v) is 3.81. The van der Waals surface area contributed by atoms with Gasteiger partial charge >= 0.3 is 6.09 Å². The predicted octanol–water partition coefficient (Wildman–Crippen LogP) is 1.90. The van der Waals surface area contributed by atoms with Crippen molar-refractivity contribution in [3.05, 3.63) is 23.8 Å². The second kappa shape index (κ2) is 7.17. The van der Waals surface area contributed by atoms with E-state index in [0.29, 0.717) is 12.3 Å². The van der Waals surface area contributed by atoms with Crippen LogP contribution in [0.1, 0.15) is 31.2 Å². The molecule has 0 heterocycles. The molecule has 0 aromatic heterocycles. The highest BCUT2D eigenvalue weighted by Gasteiger charge is 2.27. The molecule has 0 spiro atoms. The lowest BCUT2D eigenvalue weighted by Gasteiger charge is -2.31. The molecule has 1 aliphatic carbocycles. The fraction of sp³-hybridized carbons (Fsp3) is 0.533. The van der Waals surface area contributed by atoms with Crippen molar-refractivity contribution in [3.63, 3.8) is 0 Å². The van der Waals surface area contributed by atoms with E-state index in [9.17, 15) is 9.90 Å². The molecule has 2 unspecified atom stereocenters. The molecule has 1 fully saturated rings. The highest BCUT2D eigenvalue weighted by molar-refractivity contribution is 5.64. The van der Waals surface area contributed by atoms with Gasteiger partial charge in [-0.1, -0.05) is 6.42 Å². The molecule has 6 nitrogen and oxygen atoms in total. The molecule has 21 heavy (non-hydrogen) atoms. The molecule has 1 aliphatic rings. The Kier molecular flexibility index (Phi) is 5.27. The summed E-state index contributed by atoms with van der Waals surface area (Å²) in [5.41, 5.74) is 5.86. The Morgan fingerprint density at radius 1 is 1.43 bits per heavy atom. The van der Waals surface area contributed by atoms with Crippen LogP contribution in [0.15, 0.2) is 18.2 Å². The number of phenolic OH excluding ortho intramolecular Hbond substituents is 1. The van der Waals surface area contributed by atoms with Crippen LogP contribution in [0.25, 0.3) is 0 Å². The van der Waals surface area contributed by atoms with Crippen molar-refractivity contribution in [1.82, 2.24) is 5.32 Å². The Labute approximate surface area is 124 Å². The van der Waals surface area contributed by atoms with Crippen molar-refractivity contribution >= 4 is 6.09 Å². The molecule has 0 aliphatic heterocycles. The third-order valence-electron chi connectivity index (χ3n) is 3.81. The van der Waals surface area contributed by atoms with E-state index in [2.05, 4.69) is 5.32 Å². The highest BCUT2D eigenvalue weighted by Crippen LogP contribution is 2.25. The van der Waals surface area contributed by atoms with E-state index in [1.807, 2.05) is 0 Å². The van der Waals surface area contributed by atoms with Crippen molar-refractivity contribution in [2.45, 2.75) is 44.4 Å². The van der Waals surface area contributed by atoms with E-state index < -0.39 is 6.09 Å². The van der Waals surface area contributed by atoms with Crippen LogP contribution >= 0.6 is 0 Å². The second-order valence-corrected chi connectivity index (χ2v) is 5.24. The zero-order valence-electron chi connectivity index (χ0n) is 12.2. The summed E-state index contributed by atoms with van der Waals surface area (Å²) >= 11 is 0. The van der Waals surface area contributed by atoms with Crippen LogP contribution in [0, 0.1) is 0 Å². The monoisotopic (exact) mass is 294 g/mol. The number of rotatable bonds is 5. The van der Waals surface area contributed by atoms with Crippen LogP contribution in [-0.4, -0.2) is 30.5 Å². The molecule has 0 bridgehead atoms.